The van der Waals surface area contributed by atoms with E-state index in [1.807, 2.05) is 0 Å². The highest BCUT2D eigenvalue weighted by Gasteiger charge is 2.35. The quantitative estimate of drug-likeness (QED) is 0.729. The van der Waals surface area contributed by atoms with Gasteiger partial charge in [0.25, 0.3) is 5.56 Å². The van der Waals surface area contributed by atoms with Crippen molar-refractivity contribution in [1.29, 1.82) is 0 Å². The summed E-state index contributed by atoms with van der Waals surface area (Å²) in [6.45, 7) is 2.28. The standard InChI is InChI=1S/C10H14N2O2/c13-10-8(6-14-11-10)9-5-7-1-3-12(9)4-2-7/h6-7,9H,1-5H2,(H,11,13). The minimum Gasteiger partial charge on any atom is -0.387 e. The van der Waals surface area contributed by atoms with Crippen LogP contribution >= 0.6 is 0 Å². The molecule has 4 heteroatoms. The Labute approximate surface area is 81.9 Å². The van der Waals surface area contributed by atoms with Crippen molar-refractivity contribution in [3.63, 3.8) is 0 Å². The van der Waals surface area contributed by atoms with E-state index in [4.69, 9.17) is 4.52 Å². The van der Waals surface area contributed by atoms with E-state index in [1.54, 1.807) is 6.26 Å². The third-order valence-electron chi connectivity index (χ3n) is 3.61. The summed E-state index contributed by atoms with van der Waals surface area (Å²) in [7, 11) is 0. The van der Waals surface area contributed by atoms with Crippen molar-refractivity contribution in [2.45, 2.75) is 25.3 Å². The molecule has 0 spiro atoms. The van der Waals surface area contributed by atoms with Gasteiger partial charge in [-0.05, 0) is 38.3 Å². The van der Waals surface area contributed by atoms with Gasteiger partial charge >= 0.3 is 0 Å². The molecular weight excluding hydrogens is 180 g/mol. The van der Waals surface area contributed by atoms with Gasteiger partial charge in [-0.1, -0.05) is 0 Å². The van der Waals surface area contributed by atoms with E-state index in [0.717, 1.165) is 31.0 Å². The van der Waals surface area contributed by atoms with E-state index >= 15 is 0 Å². The molecule has 4 nitrogen and oxygen atoms in total. The lowest BCUT2D eigenvalue weighted by Crippen LogP contribution is -2.44. The molecular formula is C10H14N2O2. The van der Waals surface area contributed by atoms with Gasteiger partial charge in [0.15, 0.2) is 0 Å². The number of hydrogen-bond acceptors (Lipinski definition) is 3. The molecule has 14 heavy (non-hydrogen) atoms. The predicted molar refractivity (Wildman–Crippen MR) is 51.0 cm³/mol. The highest BCUT2D eigenvalue weighted by molar-refractivity contribution is 5.11. The molecule has 0 aliphatic carbocycles. The zero-order valence-electron chi connectivity index (χ0n) is 8.03. The van der Waals surface area contributed by atoms with Gasteiger partial charge < -0.3 is 4.52 Å². The SMILES string of the molecule is O=c1[nH]occ1C1CC2CCN1CC2. The van der Waals surface area contributed by atoms with Gasteiger partial charge in [0.2, 0.25) is 0 Å². The van der Waals surface area contributed by atoms with Crippen LogP contribution in [0.15, 0.2) is 15.6 Å². The predicted octanol–water partition coefficient (Wildman–Crippen LogP) is 1.12. The summed E-state index contributed by atoms with van der Waals surface area (Å²) < 4.78 is 4.84. The first-order valence-corrected chi connectivity index (χ1v) is 5.24. The van der Waals surface area contributed by atoms with E-state index in [9.17, 15) is 4.79 Å². The van der Waals surface area contributed by atoms with Crippen LogP contribution in [0.4, 0.5) is 0 Å². The Bertz CT molecular complexity index is 373. The summed E-state index contributed by atoms with van der Waals surface area (Å²) in [4.78, 5) is 13.8. The number of hydrogen-bond donors (Lipinski definition) is 1. The summed E-state index contributed by atoms with van der Waals surface area (Å²) in [5.41, 5.74) is 0.761. The van der Waals surface area contributed by atoms with Crippen LogP contribution in [0.2, 0.25) is 0 Å². The fourth-order valence-corrected chi connectivity index (χ4v) is 2.78. The Balaban J connectivity index is 1.93. The summed E-state index contributed by atoms with van der Waals surface area (Å²) in [6.07, 6.45) is 5.30. The average Bonchev–Trinajstić information content (AvgIpc) is 2.66. The van der Waals surface area contributed by atoms with Gasteiger partial charge in [0, 0.05) is 6.04 Å². The van der Waals surface area contributed by atoms with Crippen molar-refractivity contribution in [3.05, 3.63) is 22.2 Å². The number of H-pyrrole nitrogens is 1. The molecule has 1 atom stereocenters. The Morgan fingerprint density at radius 3 is 2.71 bits per heavy atom. The molecule has 1 aromatic heterocycles. The zero-order chi connectivity index (χ0) is 9.54. The summed E-state index contributed by atoms with van der Waals surface area (Å²) >= 11 is 0. The maximum Gasteiger partial charge on any atom is 0.284 e. The van der Waals surface area contributed by atoms with Crippen LogP contribution in [0.25, 0.3) is 0 Å². The van der Waals surface area contributed by atoms with Crippen LogP contribution in [-0.2, 0) is 0 Å². The molecule has 1 N–H and O–H groups in total. The molecule has 4 heterocycles. The first-order chi connectivity index (χ1) is 6.84. The first-order valence-electron chi connectivity index (χ1n) is 5.24. The van der Waals surface area contributed by atoms with Crippen molar-refractivity contribution in [3.8, 4) is 0 Å². The molecule has 1 unspecified atom stereocenters. The number of piperidine rings is 3. The van der Waals surface area contributed by atoms with Crippen molar-refractivity contribution in [2.24, 2.45) is 5.92 Å². The minimum absolute atomic E-state index is 0.0532. The molecule has 0 amide bonds. The molecule has 0 saturated carbocycles. The van der Waals surface area contributed by atoms with Gasteiger partial charge in [0.1, 0.15) is 6.26 Å². The van der Waals surface area contributed by atoms with E-state index in [1.165, 1.54) is 12.8 Å². The fraction of sp³-hybridized carbons (Fsp3) is 0.700. The molecule has 76 valence electrons. The second-order valence-electron chi connectivity index (χ2n) is 4.35. The summed E-state index contributed by atoms with van der Waals surface area (Å²) in [5.74, 6) is 0.819. The maximum absolute atomic E-state index is 11.4. The Morgan fingerprint density at radius 1 is 1.43 bits per heavy atom. The molecule has 0 radical (unpaired) electrons. The average molecular weight is 194 g/mol. The van der Waals surface area contributed by atoms with Crippen LogP contribution < -0.4 is 5.56 Å². The largest absolute Gasteiger partial charge is 0.387 e. The maximum atomic E-state index is 11.4. The van der Waals surface area contributed by atoms with Crippen LogP contribution in [0, 0.1) is 5.92 Å². The fourth-order valence-electron chi connectivity index (χ4n) is 2.78. The number of aromatic nitrogens is 1. The monoisotopic (exact) mass is 194 g/mol. The molecule has 3 saturated heterocycles. The lowest BCUT2D eigenvalue weighted by molar-refractivity contribution is 0.0483. The third-order valence-corrected chi connectivity index (χ3v) is 3.61. The van der Waals surface area contributed by atoms with Crippen molar-refractivity contribution in [1.82, 2.24) is 10.1 Å². The van der Waals surface area contributed by atoms with Crippen molar-refractivity contribution >= 4 is 0 Å². The molecule has 0 aromatic carbocycles. The lowest BCUT2D eigenvalue weighted by atomic mass is 9.81. The van der Waals surface area contributed by atoms with Gasteiger partial charge in [-0.25, -0.2) is 0 Å². The second kappa shape index (κ2) is 2.98. The molecule has 3 aliphatic heterocycles. The molecule has 1 aromatic rings. The summed E-state index contributed by atoms with van der Waals surface area (Å²) in [5, 5.41) is 2.37. The number of rotatable bonds is 1. The molecule has 3 fully saturated rings. The van der Waals surface area contributed by atoms with Gasteiger partial charge in [-0.2, -0.15) is 5.16 Å². The van der Waals surface area contributed by atoms with E-state index in [0.29, 0.717) is 6.04 Å². The minimum atomic E-state index is -0.0532. The number of nitrogens with one attached hydrogen (secondary N) is 1. The molecule has 4 rings (SSSR count). The molecule has 2 bridgehead atoms. The van der Waals surface area contributed by atoms with Crippen LogP contribution in [-0.4, -0.2) is 23.1 Å². The first kappa shape index (κ1) is 8.29. The Kier molecular flexibility index (Phi) is 1.77. The van der Waals surface area contributed by atoms with Gasteiger partial charge in [0.05, 0.1) is 5.56 Å². The third kappa shape index (κ3) is 1.14. The lowest BCUT2D eigenvalue weighted by Gasteiger charge is -2.44. The van der Waals surface area contributed by atoms with E-state index < -0.39 is 0 Å². The van der Waals surface area contributed by atoms with Crippen molar-refractivity contribution < 1.29 is 4.52 Å². The number of nitrogens with zero attached hydrogens (tertiary/aromatic N) is 1. The van der Waals surface area contributed by atoms with Crippen LogP contribution in [0.1, 0.15) is 30.9 Å². The number of aromatic amines is 1. The number of fused-ring (bicyclic) bond motifs is 3. The van der Waals surface area contributed by atoms with E-state index in [2.05, 4.69) is 10.1 Å². The van der Waals surface area contributed by atoms with Crippen molar-refractivity contribution in [2.75, 3.05) is 13.1 Å². The molecule has 3 aliphatic rings. The second-order valence-corrected chi connectivity index (χ2v) is 4.35. The smallest absolute Gasteiger partial charge is 0.284 e. The topological polar surface area (TPSA) is 49.2 Å². The zero-order valence-corrected chi connectivity index (χ0v) is 8.03. The van der Waals surface area contributed by atoms with Crippen LogP contribution in [0.5, 0.6) is 0 Å². The van der Waals surface area contributed by atoms with Gasteiger partial charge in [-0.15, -0.1) is 0 Å². The Morgan fingerprint density at radius 2 is 2.21 bits per heavy atom. The highest BCUT2D eigenvalue weighted by atomic mass is 16.5. The normalized spacial score (nSPS) is 36.1. The van der Waals surface area contributed by atoms with E-state index in [-0.39, 0.29) is 5.56 Å². The van der Waals surface area contributed by atoms with Gasteiger partial charge in [-0.3, -0.25) is 9.69 Å². The van der Waals surface area contributed by atoms with Crippen LogP contribution in [0.3, 0.4) is 0 Å². The Hall–Kier alpha value is -1.03. The summed E-state index contributed by atoms with van der Waals surface area (Å²) in [6, 6.07) is 0.310. The highest BCUT2D eigenvalue weighted by Crippen LogP contribution is 2.39.